The first kappa shape index (κ1) is 31.3. The van der Waals surface area contributed by atoms with Crippen molar-refractivity contribution < 1.29 is 29.4 Å². The molecule has 2 rings (SSSR count). The number of benzene rings is 1. The number of hydrogen-bond donors (Lipinski definition) is 7. The van der Waals surface area contributed by atoms with Crippen LogP contribution in [0, 0.1) is 11.8 Å². The number of carboxylic acid groups (broad SMARTS) is 1. The molecule has 5 atom stereocenters. The number of nitrogens with zero attached hydrogens (tertiary/aromatic N) is 1. The number of carboxylic acids is 1. The van der Waals surface area contributed by atoms with Crippen LogP contribution in [0.15, 0.2) is 36.8 Å². The van der Waals surface area contributed by atoms with E-state index in [1.165, 1.54) is 24.7 Å². The molecule has 0 radical (unpaired) electrons. The predicted octanol–water partition coefficient (Wildman–Crippen LogP) is 0.859. The Hall–Kier alpha value is -3.93. The van der Waals surface area contributed by atoms with Crippen molar-refractivity contribution in [2.24, 2.45) is 17.6 Å². The van der Waals surface area contributed by atoms with E-state index in [0.717, 1.165) is 0 Å². The summed E-state index contributed by atoms with van der Waals surface area (Å²) in [5.41, 5.74) is 7.15. The average Bonchev–Trinajstić information content (AvgIpc) is 3.39. The van der Waals surface area contributed by atoms with Gasteiger partial charge in [-0.3, -0.25) is 14.4 Å². The van der Waals surface area contributed by atoms with E-state index in [4.69, 9.17) is 5.73 Å². The highest BCUT2D eigenvalue weighted by molar-refractivity contribution is 5.94. The maximum atomic E-state index is 13.4. The molecule has 0 aliphatic heterocycles. The number of nitrogens with two attached hydrogens (primary N) is 1. The molecule has 8 N–H and O–H groups in total. The van der Waals surface area contributed by atoms with Crippen molar-refractivity contribution in [3.8, 4) is 5.75 Å². The minimum Gasteiger partial charge on any atom is -0.508 e. The molecular weight excluding hydrogens is 504 g/mol. The van der Waals surface area contributed by atoms with Gasteiger partial charge in [-0.15, -0.1) is 0 Å². The van der Waals surface area contributed by atoms with Crippen molar-refractivity contribution >= 4 is 23.7 Å². The number of carbonyl (C=O) groups is 4. The highest BCUT2D eigenvalue weighted by Crippen LogP contribution is 2.13. The number of phenols is 1. The summed E-state index contributed by atoms with van der Waals surface area (Å²) in [6.07, 6.45) is 3.92. The molecule has 0 aliphatic carbocycles. The van der Waals surface area contributed by atoms with E-state index in [-0.39, 0.29) is 30.4 Å². The monoisotopic (exact) mass is 544 g/mol. The Morgan fingerprint density at radius 2 is 1.59 bits per heavy atom. The second-order valence-corrected chi connectivity index (χ2v) is 10.2. The molecule has 0 spiro atoms. The van der Waals surface area contributed by atoms with E-state index in [0.29, 0.717) is 24.1 Å². The van der Waals surface area contributed by atoms with Gasteiger partial charge in [-0.05, 0) is 36.0 Å². The molecule has 0 saturated carbocycles. The minimum absolute atomic E-state index is 0.0111. The SMILES string of the molecule is CCC(C)C(NC(=O)C(N)CC(C)C)C(=O)NC(Cc1cnc[nH]1)C(=O)NC(Cc1ccc(O)cc1)C(=O)O. The Kier molecular flexibility index (Phi) is 11.9. The highest BCUT2D eigenvalue weighted by atomic mass is 16.4. The number of rotatable bonds is 15. The van der Waals surface area contributed by atoms with Gasteiger partial charge < -0.3 is 36.9 Å². The molecule has 3 amide bonds. The fourth-order valence-electron chi connectivity index (χ4n) is 4.00. The van der Waals surface area contributed by atoms with Crippen LogP contribution in [-0.2, 0) is 32.0 Å². The second kappa shape index (κ2) is 14.9. The summed E-state index contributed by atoms with van der Waals surface area (Å²) in [6.45, 7) is 7.56. The van der Waals surface area contributed by atoms with Crippen LogP contribution in [0.3, 0.4) is 0 Å². The van der Waals surface area contributed by atoms with Gasteiger partial charge in [-0.25, -0.2) is 9.78 Å². The Labute approximate surface area is 228 Å². The molecule has 2 aromatic rings. The van der Waals surface area contributed by atoms with Crippen LogP contribution in [0.1, 0.15) is 51.8 Å². The predicted molar refractivity (Wildman–Crippen MR) is 144 cm³/mol. The summed E-state index contributed by atoms with van der Waals surface area (Å²) in [6, 6.07) is 1.78. The summed E-state index contributed by atoms with van der Waals surface area (Å²) >= 11 is 0. The maximum Gasteiger partial charge on any atom is 0.326 e. The normalized spacial score (nSPS) is 15.0. The van der Waals surface area contributed by atoms with Crippen molar-refractivity contribution in [2.75, 3.05) is 0 Å². The molecule has 5 unspecified atom stereocenters. The van der Waals surface area contributed by atoms with Gasteiger partial charge in [-0.2, -0.15) is 0 Å². The summed E-state index contributed by atoms with van der Waals surface area (Å²) in [4.78, 5) is 58.2. The molecule has 0 saturated heterocycles. The standard InChI is InChI=1S/C27H40N6O6/c1-5-16(4)23(33-24(35)20(28)10-15(2)3)26(37)31-21(12-18-13-29-14-30-18)25(36)32-22(27(38)39)11-17-6-8-19(34)9-7-17/h6-9,13-16,20-23,34H,5,10-12,28H2,1-4H3,(H,29,30)(H,31,37)(H,32,36)(H,33,35)(H,38,39). The minimum atomic E-state index is -1.29. The van der Waals surface area contributed by atoms with E-state index in [2.05, 4.69) is 25.9 Å². The van der Waals surface area contributed by atoms with Gasteiger partial charge in [0.05, 0.1) is 12.4 Å². The lowest BCUT2D eigenvalue weighted by atomic mass is 9.96. The van der Waals surface area contributed by atoms with Gasteiger partial charge >= 0.3 is 5.97 Å². The van der Waals surface area contributed by atoms with Crippen LogP contribution < -0.4 is 21.7 Å². The number of phenolic OH excluding ortho intramolecular Hbond substituents is 1. The molecule has 214 valence electrons. The van der Waals surface area contributed by atoms with Crippen molar-refractivity contribution in [3.05, 3.63) is 48.0 Å². The van der Waals surface area contributed by atoms with Crippen molar-refractivity contribution in [1.29, 1.82) is 0 Å². The smallest absolute Gasteiger partial charge is 0.326 e. The van der Waals surface area contributed by atoms with Crippen molar-refractivity contribution in [3.63, 3.8) is 0 Å². The first-order chi connectivity index (χ1) is 18.4. The van der Waals surface area contributed by atoms with Crippen LogP contribution >= 0.6 is 0 Å². The number of hydrogen-bond acceptors (Lipinski definition) is 7. The number of aromatic hydroxyl groups is 1. The van der Waals surface area contributed by atoms with Crippen molar-refractivity contribution in [1.82, 2.24) is 25.9 Å². The lowest BCUT2D eigenvalue weighted by Gasteiger charge is -2.28. The third kappa shape index (κ3) is 10.0. The molecule has 0 aliphatic rings. The van der Waals surface area contributed by atoms with Gasteiger partial charge in [0.15, 0.2) is 0 Å². The number of carbonyl (C=O) groups excluding carboxylic acids is 3. The molecule has 39 heavy (non-hydrogen) atoms. The number of H-pyrrole nitrogens is 1. The molecule has 0 fully saturated rings. The zero-order chi connectivity index (χ0) is 29.1. The average molecular weight is 545 g/mol. The number of nitrogens with one attached hydrogen (secondary N) is 4. The fourth-order valence-corrected chi connectivity index (χ4v) is 4.00. The van der Waals surface area contributed by atoms with Gasteiger partial charge in [-0.1, -0.05) is 46.2 Å². The van der Waals surface area contributed by atoms with E-state index in [9.17, 15) is 29.4 Å². The Balaban J connectivity index is 2.22. The number of aromatic amines is 1. The van der Waals surface area contributed by atoms with Crippen LogP contribution in [0.4, 0.5) is 0 Å². The molecule has 1 aromatic heterocycles. The van der Waals surface area contributed by atoms with Gasteiger partial charge in [0.25, 0.3) is 0 Å². The Bertz CT molecular complexity index is 1090. The van der Waals surface area contributed by atoms with E-state index < -0.39 is 47.9 Å². The van der Waals surface area contributed by atoms with Crippen LogP contribution in [-0.4, -0.2) is 68.0 Å². The number of imidazole rings is 1. The summed E-state index contributed by atoms with van der Waals surface area (Å²) in [5.74, 6) is -3.06. The largest absolute Gasteiger partial charge is 0.508 e. The first-order valence-electron chi connectivity index (χ1n) is 13.1. The lowest BCUT2D eigenvalue weighted by molar-refractivity contribution is -0.142. The fraction of sp³-hybridized carbons (Fsp3) is 0.519. The number of aromatic nitrogens is 2. The summed E-state index contributed by atoms with van der Waals surface area (Å²) < 4.78 is 0. The Morgan fingerprint density at radius 3 is 2.13 bits per heavy atom. The van der Waals surface area contributed by atoms with Crippen molar-refractivity contribution in [2.45, 2.75) is 77.5 Å². The first-order valence-corrected chi connectivity index (χ1v) is 13.1. The van der Waals surface area contributed by atoms with Gasteiger partial charge in [0, 0.05) is 24.7 Å². The molecule has 0 bridgehead atoms. The molecule has 12 nitrogen and oxygen atoms in total. The van der Waals surface area contributed by atoms with E-state index in [1.807, 2.05) is 20.8 Å². The number of aliphatic carboxylic acids is 1. The molecule has 1 heterocycles. The molecular formula is C27H40N6O6. The van der Waals surface area contributed by atoms with Crippen LogP contribution in [0.25, 0.3) is 0 Å². The number of amides is 3. The summed E-state index contributed by atoms with van der Waals surface area (Å²) in [5, 5.41) is 27.1. The Morgan fingerprint density at radius 1 is 0.949 bits per heavy atom. The topological polar surface area (TPSA) is 200 Å². The van der Waals surface area contributed by atoms with Gasteiger partial charge in [0.1, 0.15) is 23.9 Å². The van der Waals surface area contributed by atoms with Gasteiger partial charge in [0.2, 0.25) is 17.7 Å². The quantitative estimate of drug-likeness (QED) is 0.171. The molecule has 12 heteroatoms. The zero-order valence-corrected chi connectivity index (χ0v) is 22.8. The lowest BCUT2D eigenvalue weighted by Crippen LogP contribution is -2.59. The maximum absolute atomic E-state index is 13.4. The van der Waals surface area contributed by atoms with E-state index >= 15 is 0 Å². The highest BCUT2D eigenvalue weighted by Gasteiger charge is 2.33. The van der Waals surface area contributed by atoms with Crippen LogP contribution in [0.5, 0.6) is 5.75 Å². The third-order valence-electron chi connectivity index (χ3n) is 6.46. The van der Waals surface area contributed by atoms with Crippen LogP contribution in [0.2, 0.25) is 0 Å². The summed E-state index contributed by atoms with van der Waals surface area (Å²) in [7, 11) is 0. The third-order valence-corrected chi connectivity index (χ3v) is 6.46. The second-order valence-electron chi connectivity index (χ2n) is 10.2. The van der Waals surface area contributed by atoms with E-state index in [1.54, 1.807) is 19.1 Å². The zero-order valence-electron chi connectivity index (χ0n) is 22.8. The molecule has 1 aromatic carbocycles.